The molecular weight excluding hydrogens is 361 g/mol. The number of rotatable bonds is 5. The van der Waals surface area contributed by atoms with Crippen LogP contribution in [-0.4, -0.2) is 34.9 Å². The van der Waals surface area contributed by atoms with Gasteiger partial charge in [-0.25, -0.2) is 4.68 Å². The Hall–Kier alpha value is -1.82. The lowest BCUT2D eigenvalue weighted by Crippen LogP contribution is -2.33. The summed E-state index contributed by atoms with van der Waals surface area (Å²) < 4.78 is 7.22. The zero-order valence-electron chi connectivity index (χ0n) is 13.8. The van der Waals surface area contributed by atoms with Crippen LogP contribution in [0.3, 0.4) is 0 Å². The predicted octanol–water partition coefficient (Wildman–Crippen LogP) is 3.89. The molecule has 1 aliphatic rings. The molecule has 1 aliphatic heterocycles. The Morgan fingerprint density at radius 3 is 3.00 bits per heavy atom. The van der Waals surface area contributed by atoms with Gasteiger partial charge in [-0.3, -0.25) is 4.79 Å². The lowest BCUT2D eigenvalue weighted by Gasteiger charge is -2.18. The third kappa shape index (κ3) is 4.06. The highest BCUT2D eigenvalue weighted by atomic mass is 35.5. The fourth-order valence-corrected chi connectivity index (χ4v) is 3.45. The van der Waals surface area contributed by atoms with Crippen molar-refractivity contribution in [3.8, 4) is 5.69 Å². The number of carbonyl (C=O) groups excluding carboxylic acids is 1. The van der Waals surface area contributed by atoms with E-state index in [0.29, 0.717) is 34.4 Å². The van der Waals surface area contributed by atoms with E-state index in [9.17, 15) is 4.79 Å². The molecule has 2 aromatic rings. The van der Waals surface area contributed by atoms with Gasteiger partial charge in [-0.1, -0.05) is 35.4 Å². The lowest BCUT2D eigenvalue weighted by molar-refractivity contribution is 0.0926. The number of benzene rings is 1. The normalized spacial score (nSPS) is 19.8. The second-order valence-corrected chi connectivity index (χ2v) is 7.01. The Morgan fingerprint density at radius 1 is 1.48 bits per heavy atom. The van der Waals surface area contributed by atoms with E-state index in [2.05, 4.69) is 17.0 Å². The number of nitrogens with one attached hydrogen (secondary N) is 1. The van der Waals surface area contributed by atoms with E-state index in [1.54, 1.807) is 29.1 Å². The second-order valence-electron chi connectivity index (χ2n) is 6.17. The Balaban J connectivity index is 1.66. The Bertz CT molecular complexity index is 803. The summed E-state index contributed by atoms with van der Waals surface area (Å²) >= 11 is 12.1. The highest BCUT2D eigenvalue weighted by Gasteiger charge is 2.29. The summed E-state index contributed by atoms with van der Waals surface area (Å²) in [6, 6.07) is 5.12. The van der Waals surface area contributed by atoms with Crippen molar-refractivity contribution in [2.24, 2.45) is 5.92 Å². The van der Waals surface area contributed by atoms with E-state index >= 15 is 0 Å². The van der Waals surface area contributed by atoms with E-state index in [-0.39, 0.29) is 17.9 Å². The molecule has 0 bridgehead atoms. The number of halogens is 2. The van der Waals surface area contributed by atoms with E-state index in [4.69, 9.17) is 27.9 Å². The van der Waals surface area contributed by atoms with Crippen LogP contribution in [0.5, 0.6) is 0 Å². The van der Waals surface area contributed by atoms with Crippen LogP contribution in [0.2, 0.25) is 10.0 Å². The Kier molecular flexibility index (Phi) is 5.47. The van der Waals surface area contributed by atoms with Crippen molar-refractivity contribution < 1.29 is 9.53 Å². The molecule has 0 saturated carbocycles. The summed E-state index contributed by atoms with van der Waals surface area (Å²) in [5, 5.41) is 8.17. The van der Waals surface area contributed by atoms with Gasteiger partial charge in [0.05, 0.1) is 28.6 Å². The standard InChI is InChI=1S/C18H19Cl2N3O2/c1-11(2)17-12(5-6-25-17)8-21-18(24)13-9-22-23(10-13)16-4-3-14(19)7-15(16)20/h3-4,7,9-10,12,17H,1,5-6,8H2,2H3,(H,21,24)/t12-,17-/m1/s1. The largest absolute Gasteiger partial charge is 0.374 e. The highest BCUT2D eigenvalue weighted by Crippen LogP contribution is 2.26. The van der Waals surface area contributed by atoms with Crippen molar-refractivity contribution >= 4 is 29.1 Å². The maximum absolute atomic E-state index is 12.4. The SMILES string of the molecule is C=C(C)[C@H]1OCC[C@@H]1CNC(=O)c1cnn(-c2ccc(Cl)cc2Cl)c1. The minimum atomic E-state index is -0.177. The molecule has 0 aliphatic carbocycles. The van der Waals surface area contributed by atoms with Crippen LogP contribution in [0.4, 0.5) is 0 Å². The molecule has 1 fully saturated rings. The number of aromatic nitrogens is 2. The van der Waals surface area contributed by atoms with Crippen molar-refractivity contribution in [3.05, 3.63) is 58.4 Å². The number of amides is 1. The molecule has 1 amide bonds. The molecule has 5 nitrogen and oxygen atoms in total. The van der Waals surface area contributed by atoms with Gasteiger partial charge in [-0.05, 0) is 31.5 Å². The Labute approximate surface area is 156 Å². The van der Waals surface area contributed by atoms with E-state index in [1.165, 1.54) is 6.20 Å². The summed E-state index contributed by atoms with van der Waals surface area (Å²) in [7, 11) is 0. The third-order valence-corrected chi connectivity index (χ3v) is 4.76. The summed E-state index contributed by atoms with van der Waals surface area (Å²) in [6.07, 6.45) is 4.08. The maximum Gasteiger partial charge on any atom is 0.254 e. The van der Waals surface area contributed by atoms with E-state index in [0.717, 1.165) is 12.0 Å². The van der Waals surface area contributed by atoms with Gasteiger partial charge < -0.3 is 10.1 Å². The highest BCUT2D eigenvalue weighted by molar-refractivity contribution is 6.35. The molecule has 1 saturated heterocycles. The average Bonchev–Trinajstić information content (AvgIpc) is 3.22. The first-order valence-electron chi connectivity index (χ1n) is 8.01. The molecule has 3 rings (SSSR count). The molecular formula is C18H19Cl2N3O2. The van der Waals surface area contributed by atoms with Crippen LogP contribution in [0.25, 0.3) is 5.69 Å². The predicted molar refractivity (Wildman–Crippen MR) is 98.6 cm³/mol. The zero-order valence-corrected chi connectivity index (χ0v) is 15.3. The van der Waals surface area contributed by atoms with Crippen LogP contribution in [0, 0.1) is 5.92 Å². The molecule has 1 aromatic heterocycles. The molecule has 25 heavy (non-hydrogen) atoms. The molecule has 7 heteroatoms. The minimum absolute atomic E-state index is 0.0101. The van der Waals surface area contributed by atoms with Crippen LogP contribution in [0.15, 0.2) is 42.7 Å². The summed E-state index contributed by atoms with van der Waals surface area (Å²) in [5.41, 5.74) is 2.12. The van der Waals surface area contributed by atoms with Crippen molar-refractivity contribution in [1.29, 1.82) is 0 Å². The van der Waals surface area contributed by atoms with Crippen molar-refractivity contribution in [1.82, 2.24) is 15.1 Å². The number of carbonyl (C=O) groups is 1. The first kappa shape index (κ1) is 18.0. The monoisotopic (exact) mass is 379 g/mol. The van der Waals surface area contributed by atoms with E-state index < -0.39 is 0 Å². The maximum atomic E-state index is 12.4. The first-order chi connectivity index (χ1) is 12.0. The average molecular weight is 380 g/mol. The molecule has 2 heterocycles. The van der Waals surface area contributed by atoms with Crippen LogP contribution < -0.4 is 5.32 Å². The molecule has 132 valence electrons. The van der Waals surface area contributed by atoms with Crippen LogP contribution in [-0.2, 0) is 4.74 Å². The fraction of sp³-hybridized carbons (Fsp3) is 0.333. The number of hydrogen-bond acceptors (Lipinski definition) is 3. The van der Waals surface area contributed by atoms with Crippen molar-refractivity contribution in [2.75, 3.05) is 13.2 Å². The summed E-state index contributed by atoms with van der Waals surface area (Å²) in [5.74, 6) is 0.0749. The van der Waals surface area contributed by atoms with Crippen LogP contribution >= 0.6 is 23.2 Å². The van der Waals surface area contributed by atoms with Crippen LogP contribution in [0.1, 0.15) is 23.7 Å². The number of nitrogens with zero attached hydrogens (tertiary/aromatic N) is 2. The number of ether oxygens (including phenoxy) is 1. The van der Waals surface area contributed by atoms with Crippen molar-refractivity contribution in [3.63, 3.8) is 0 Å². The molecule has 0 spiro atoms. The molecule has 2 atom stereocenters. The van der Waals surface area contributed by atoms with Gasteiger partial charge in [0.15, 0.2) is 0 Å². The van der Waals surface area contributed by atoms with Gasteiger partial charge >= 0.3 is 0 Å². The quantitative estimate of drug-likeness (QED) is 0.801. The third-order valence-electron chi connectivity index (χ3n) is 4.23. The molecule has 0 unspecified atom stereocenters. The minimum Gasteiger partial charge on any atom is -0.374 e. The number of hydrogen-bond donors (Lipinski definition) is 1. The smallest absolute Gasteiger partial charge is 0.254 e. The van der Waals surface area contributed by atoms with Crippen molar-refractivity contribution in [2.45, 2.75) is 19.4 Å². The first-order valence-corrected chi connectivity index (χ1v) is 8.76. The summed E-state index contributed by atoms with van der Waals surface area (Å²) in [4.78, 5) is 12.4. The topological polar surface area (TPSA) is 56.1 Å². The van der Waals surface area contributed by atoms with Gasteiger partial charge in [-0.15, -0.1) is 0 Å². The van der Waals surface area contributed by atoms with Gasteiger partial charge in [0, 0.05) is 30.3 Å². The second kappa shape index (κ2) is 7.60. The van der Waals surface area contributed by atoms with Gasteiger partial charge in [0.1, 0.15) is 0 Å². The lowest BCUT2D eigenvalue weighted by atomic mass is 9.97. The van der Waals surface area contributed by atoms with Gasteiger partial charge in [-0.2, -0.15) is 5.10 Å². The fourth-order valence-electron chi connectivity index (χ4n) is 2.95. The molecule has 1 N–H and O–H groups in total. The zero-order chi connectivity index (χ0) is 18.0. The summed E-state index contributed by atoms with van der Waals surface area (Å²) in [6.45, 7) is 7.14. The van der Waals surface area contributed by atoms with E-state index in [1.807, 2.05) is 6.92 Å². The van der Waals surface area contributed by atoms with Gasteiger partial charge in [0.25, 0.3) is 5.91 Å². The Morgan fingerprint density at radius 2 is 2.28 bits per heavy atom. The molecule has 1 aromatic carbocycles. The molecule has 0 radical (unpaired) electrons. The van der Waals surface area contributed by atoms with Gasteiger partial charge in [0.2, 0.25) is 0 Å².